The van der Waals surface area contributed by atoms with Crippen molar-refractivity contribution in [3.63, 3.8) is 0 Å². The molecule has 0 radical (unpaired) electrons. The highest BCUT2D eigenvalue weighted by Crippen LogP contribution is 2.47. The Morgan fingerprint density at radius 2 is 1.84 bits per heavy atom. The molecule has 170 valence electrons. The van der Waals surface area contributed by atoms with Gasteiger partial charge in [-0.25, -0.2) is 0 Å². The number of nitrogens with one attached hydrogen (secondary N) is 2. The molecule has 2 heterocycles. The molecule has 6 nitrogen and oxygen atoms in total. The molecule has 5 atom stereocenters. The molecule has 2 saturated heterocycles. The molecule has 2 aliphatic heterocycles. The molecule has 4 fully saturated rings. The maximum Gasteiger partial charge on any atom is 0.234 e. The summed E-state index contributed by atoms with van der Waals surface area (Å²) in [7, 11) is 0. The van der Waals surface area contributed by atoms with Gasteiger partial charge in [-0.15, -0.1) is 0 Å². The minimum atomic E-state index is -0.396. The van der Waals surface area contributed by atoms with Gasteiger partial charge in [0.05, 0.1) is 18.7 Å². The van der Waals surface area contributed by atoms with E-state index in [9.17, 15) is 14.7 Å². The summed E-state index contributed by atoms with van der Waals surface area (Å²) in [6, 6.07) is 0.807. The Kier molecular flexibility index (Phi) is 5.72. The Morgan fingerprint density at radius 3 is 2.42 bits per heavy atom. The molecular weight excluding hydrogens is 390 g/mol. The zero-order valence-electron chi connectivity index (χ0n) is 18.6. The van der Waals surface area contributed by atoms with Crippen molar-refractivity contribution in [3.05, 3.63) is 23.9 Å². The van der Waals surface area contributed by atoms with Gasteiger partial charge < -0.3 is 15.7 Å². The number of amides is 2. The molecule has 31 heavy (non-hydrogen) atoms. The molecule has 0 aromatic rings. The molecule has 6 heteroatoms. The number of piperidine rings is 1. The second-order valence-corrected chi connectivity index (χ2v) is 10.9. The molecule has 6 aliphatic rings. The molecule has 3 N–H and O–H groups in total. The van der Waals surface area contributed by atoms with Gasteiger partial charge >= 0.3 is 0 Å². The largest absolute Gasteiger partial charge is 0.394 e. The van der Waals surface area contributed by atoms with Gasteiger partial charge in [-0.2, -0.15) is 0 Å². The molecule has 0 aromatic carbocycles. The van der Waals surface area contributed by atoms with E-state index in [-0.39, 0.29) is 18.4 Å². The highest BCUT2D eigenvalue weighted by atomic mass is 16.3. The predicted octanol–water partition coefficient (Wildman–Crippen LogP) is 2.64. The van der Waals surface area contributed by atoms with Crippen molar-refractivity contribution < 1.29 is 14.7 Å². The monoisotopic (exact) mass is 427 g/mol. The number of carbonyl (C=O) groups excluding carboxylic acids is 2. The second-order valence-electron chi connectivity index (χ2n) is 10.9. The Balaban J connectivity index is 1.11. The minimum Gasteiger partial charge on any atom is -0.394 e. The number of nitrogens with zero attached hydrogens (tertiary/aromatic N) is 1. The van der Waals surface area contributed by atoms with Crippen LogP contribution in [0.3, 0.4) is 0 Å². The van der Waals surface area contributed by atoms with Crippen LogP contribution in [0.15, 0.2) is 23.9 Å². The van der Waals surface area contributed by atoms with Crippen LogP contribution in [0, 0.1) is 17.8 Å². The molecular formula is C25H37N3O3. The van der Waals surface area contributed by atoms with Crippen molar-refractivity contribution in [2.24, 2.45) is 17.8 Å². The van der Waals surface area contributed by atoms with Crippen molar-refractivity contribution in [3.8, 4) is 0 Å². The highest BCUT2D eigenvalue weighted by molar-refractivity contribution is 5.79. The predicted molar refractivity (Wildman–Crippen MR) is 119 cm³/mol. The van der Waals surface area contributed by atoms with Crippen molar-refractivity contribution in [2.45, 2.75) is 88.3 Å². The number of hydrogen-bond donors (Lipinski definition) is 3. The van der Waals surface area contributed by atoms with E-state index < -0.39 is 5.54 Å². The number of hydrogen-bond acceptors (Lipinski definition) is 4. The lowest BCUT2D eigenvalue weighted by molar-refractivity contribution is -0.127. The van der Waals surface area contributed by atoms with Crippen LogP contribution >= 0.6 is 0 Å². The summed E-state index contributed by atoms with van der Waals surface area (Å²) in [4.78, 5) is 27.8. The zero-order valence-corrected chi connectivity index (χ0v) is 18.6. The zero-order chi connectivity index (χ0) is 21.6. The van der Waals surface area contributed by atoms with E-state index >= 15 is 0 Å². The molecule has 2 unspecified atom stereocenters. The second kappa shape index (κ2) is 8.36. The van der Waals surface area contributed by atoms with Crippen molar-refractivity contribution in [2.75, 3.05) is 13.2 Å². The van der Waals surface area contributed by atoms with E-state index in [2.05, 4.69) is 28.2 Å². The van der Waals surface area contributed by atoms with Crippen LogP contribution in [0.25, 0.3) is 0 Å². The van der Waals surface area contributed by atoms with Crippen LogP contribution in [0.1, 0.15) is 70.6 Å². The number of fused-ring (bicyclic) bond motifs is 3. The lowest BCUT2D eigenvalue weighted by atomic mass is 9.64. The van der Waals surface area contributed by atoms with Crippen LogP contribution in [0.5, 0.6) is 0 Å². The summed E-state index contributed by atoms with van der Waals surface area (Å²) < 4.78 is 0. The van der Waals surface area contributed by atoms with E-state index in [1.165, 1.54) is 12.0 Å². The van der Waals surface area contributed by atoms with Gasteiger partial charge in [-0.05, 0) is 63.2 Å². The lowest BCUT2D eigenvalue weighted by Crippen LogP contribution is -2.54. The van der Waals surface area contributed by atoms with Gasteiger partial charge in [0.2, 0.25) is 11.8 Å². The van der Waals surface area contributed by atoms with Crippen LogP contribution < -0.4 is 10.6 Å². The van der Waals surface area contributed by atoms with Crippen LogP contribution in [0.4, 0.5) is 0 Å². The third kappa shape index (κ3) is 4.21. The average Bonchev–Trinajstić information content (AvgIpc) is 3.29. The standard InChI is InChI=1S/C25H37N3O3/c1-16-18-11-19(16)13-20(12-18)26-23(30)10-17-8-21-4-5-22(9-17)28(21)14-24(31)27-25(15-29)6-2-3-7-25/h12,17-19,21-22,29H,1-11,13-15H2,(H,26,30)(H,27,31)/t17-,18?,19?,21-,22+. The molecule has 6 rings (SSSR count). The minimum absolute atomic E-state index is 0.0365. The van der Waals surface area contributed by atoms with Crippen molar-refractivity contribution in [1.29, 1.82) is 0 Å². The Labute approximate surface area is 185 Å². The van der Waals surface area contributed by atoms with Gasteiger partial charge in [0.15, 0.2) is 0 Å². The SMILES string of the molecule is C=C1C2C=C(NC(=O)C[C@@H]3C[C@H]4CC[C@@H](C3)N4CC(=O)NC3(CO)CCCC3)CC1C2. The van der Waals surface area contributed by atoms with Crippen LogP contribution in [-0.2, 0) is 9.59 Å². The first kappa shape index (κ1) is 21.2. The van der Waals surface area contributed by atoms with Gasteiger partial charge in [-0.1, -0.05) is 31.1 Å². The summed E-state index contributed by atoms with van der Waals surface area (Å²) in [6.07, 6.45) is 13.1. The fourth-order valence-electron chi connectivity index (χ4n) is 6.99. The van der Waals surface area contributed by atoms with E-state index in [1.807, 2.05) is 0 Å². The number of rotatable bonds is 7. The summed E-state index contributed by atoms with van der Waals surface area (Å²) in [6.45, 7) is 4.60. The van der Waals surface area contributed by atoms with Gasteiger partial charge in [0.25, 0.3) is 0 Å². The summed E-state index contributed by atoms with van der Waals surface area (Å²) in [5.41, 5.74) is 2.04. The third-order valence-electron chi connectivity index (χ3n) is 8.76. The molecule has 0 spiro atoms. The van der Waals surface area contributed by atoms with Crippen LogP contribution in [-0.4, -0.2) is 52.6 Å². The number of aliphatic hydroxyl groups excluding tert-OH is 1. The molecule has 4 aliphatic carbocycles. The van der Waals surface area contributed by atoms with Gasteiger partial charge in [0, 0.05) is 30.1 Å². The number of aliphatic hydroxyl groups is 1. The average molecular weight is 428 g/mol. The van der Waals surface area contributed by atoms with E-state index in [4.69, 9.17) is 0 Å². The topological polar surface area (TPSA) is 81.7 Å². The molecule has 2 saturated carbocycles. The highest BCUT2D eigenvalue weighted by Gasteiger charge is 2.43. The Morgan fingerprint density at radius 1 is 1.13 bits per heavy atom. The molecule has 2 amide bonds. The first-order valence-electron chi connectivity index (χ1n) is 12.3. The fourth-order valence-corrected chi connectivity index (χ4v) is 6.99. The maximum atomic E-state index is 12.7. The van der Waals surface area contributed by atoms with E-state index in [0.717, 1.165) is 63.5 Å². The maximum absolute atomic E-state index is 12.7. The van der Waals surface area contributed by atoms with Crippen LogP contribution in [0.2, 0.25) is 0 Å². The molecule has 0 aromatic heterocycles. The normalized spacial score (nSPS) is 36.0. The van der Waals surface area contributed by atoms with Gasteiger partial charge in [-0.3, -0.25) is 14.5 Å². The smallest absolute Gasteiger partial charge is 0.234 e. The quantitative estimate of drug-likeness (QED) is 0.546. The Bertz CT molecular complexity index is 771. The van der Waals surface area contributed by atoms with E-state index in [1.54, 1.807) is 0 Å². The third-order valence-corrected chi connectivity index (χ3v) is 8.76. The fraction of sp³-hybridized carbons (Fsp3) is 0.760. The van der Waals surface area contributed by atoms with Crippen molar-refractivity contribution >= 4 is 11.8 Å². The van der Waals surface area contributed by atoms with E-state index in [0.29, 0.717) is 42.8 Å². The number of carbonyl (C=O) groups is 2. The first-order valence-corrected chi connectivity index (χ1v) is 12.3. The Hall–Kier alpha value is -1.66. The molecule has 4 bridgehead atoms. The number of allylic oxidation sites excluding steroid dienone is 3. The van der Waals surface area contributed by atoms with Crippen molar-refractivity contribution in [1.82, 2.24) is 15.5 Å². The lowest BCUT2D eigenvalue weighted by Gasteiger charge is -2.42. The van der Waals surface area contributed by atoms with Gasteiger partial charge in [0.1, 0.15) is 0 Å². The summed E-state index contributed by atoms with van der Waals surface area (Å²) >= 11 is 0. The summed E-state index contributed by atoms with van der Waals surface area (Å²) in [5.74, 6) is 1.66. The summed E-state index contributed by atoms with van der Waals surface area (Å²) in [5, 5.41) is 16.1. The first-order chi connectivity index (χ1) is 14.9.